The van der Waals surface area contributed by atoms with Crippen molar-refractivity contribution >= 4 is 18.1 Å². The lowest BCUT2D eigenvalue weighted by molar-refractivity contribution is -0.142. The van der Waals surface area contributed by atoms with Crippen molar-refractivity contribution in [2.24, 2.45) is 0 Å². The first-order chi connectivity index (χ1) is 10.9. The molecule has 0 aliphatic rings. The summed E-state index contributed by atoms with van der Waals surface area (Å²) in [5, 5.41) is 9.82. The highest BCUT2D eigenvalue weighted by Gasteiger charge is 2.35. The summed E-state index contributed by atoms with van der Waals surface area (Å²) in [5.74, 6) is 0.459. The Morgan fingerprint density at radius 2 is 2.09 bits per heavy atom. The topological polar surface area (TPSA) is 71.9 Å². The zero-order valence-electron chi connectivity index (χ0n) is 13.8. The summed E-state index contributed by atoms with van der Waals surface area (Å²) in [5.41, 5.74) is -0.264. The molecule has 124 valence electrons. The Balaban J connectivity index is 2.17. The van der Waals surface area contributed by atoms with Crippen molar-refractivity contribution in [1.29, 1.82) is 0 Å². The fourth-order valence-electron chi connectivity index (χ4n) is 2.42. The lowest BCUT2D eigenvalue weighted by Gasteiger charge is -2.27. The summed E-state index contributed by atoms with van der Waals surface area (Å²) in [6, 6.07) is 9.56. The van der Waals surface area contributed by atoms with Crippen molar-refractivity contribution in [3.05, 3.63) is 46.5 Å². The number of hydrogen-bond acceptors (Lipinski definition) is 4. The van der Waals surface area contributed by atoms with Crippen molar-refractivity contribution in [3.8, 4) is 0 Å². The summed E-state index contributed by atoms with van der Waals surface area (Å²) in [4.78, 5) is 12.6. The van der Waals surface area contributed by atoms with Crippen LogP contribution < -0.4 is 5.32 Å². The number of ether oxygens (including phenoxy) is 1. The van der Waals surface area contributed by atoms with E-state index in [0.29, 0.717) is 10.6 Å². The van der Waals surface area contributed by atoms with Gasteiger partial charge in [-0.3, -0.25) is 9.89 Å². The Hall–Kier alpha value is -1.99. The molecule has 0 spiro atoms. The molecule has 0 saturated heterocycles. The molecule has 1 aromatic carbocycles. The van der Waals surface area contributed by atoms with Gasteiger partial charge >= 0.3 is 0 Å². The number of carbonyl (C=O) groups excluding carboxylic acids is 1. The van der Waals surface area contributed by atoms with Crippen LogP contribution in [0.5, 0.6) is 0 Å². The average molecular weight is 334 g/mol. The second-order valence-electron chi connectivity index (χ2n) is 5.69. The second-order valence-corrected chi connectivity index (χ2v) is 6.08. The first kappa shape index (κ1) is 17.4. The van der Waals surface area contributed by atoms with Crippen LogP contribution in [0.4, 0.5) is 0 Å². The fourth-order valence-corrected chi connectivity index (χ4v) is 2.78. The molecule has 0 aliphatic heterocycles. The molecule has 1 amide bonds. The summed E-state index contributed by atoms with van der Waals surface area (Å²) >= 11 is 5.21. The predicted octanol–water partition coefficient (Wildman–Crippen LogP) is 2.70. The van der Waals surface area contributed by atoms with Gasteiger partial charge in [0.15, 0.2) is 16.2 Å². The van der Waals surface area contributed by atoms with Crippen LogP contribution in [-0.4, -0.2) is 27.8 Å². The molecule has 0 fully saturated rings. The van der Waals surface area contributed by atoms with Crippen LogP contribution in [-0.2, 0) is 21.7 Å². The Kier molecular flexibility index (Phi) is 5.33. The predicted molar refractivity (Wildman–Crippen MR) is 90.4 cm³/mol. The van der Waals surface area contributed by atoms with Crippen LogP contribution in [0.2, 0.25) is 0 Å². The zero-order valence-corrected chi connectivity index (χ0v) is 14.6. The molecule has 1 atom stereocenters. The fraction of sp³-hybridized carbons (Fsp3) is 0.438. The summed E-state index contributed by atoms with van der Waals surface area (Å²) in [6.45, 7) is 6.05. The van der Waals surface area contributed by atoms with E-state index in [1.807, 2.05) is 48.7 Å². The van der Waals surface area contributed by atoms with Gasteiger partial charge in [0.05, 0.1) is 6.54 Å². The van der Waals surface area contributed by atoms with Crippen molar-refractivity contribution in [1.82, 2.24) is 20.1 Å². The Labute approximate surface area is 140 Å². The van der Waals surface area contributed by atoms with Gasteiger partial charge in [-0.2, -0.15) is 5.10 Å². The van der Waals surface area contributed by atoms with Gasteiger partial charge in [0.1, 0.15) is 0 Å². The minimum absolute atomic E-state index is 0.163. The SMILES string of the molecule is CO[C@](C)(C(=O)NCc1n[nH]c(=S)n1C(C)C)c1ccccc1. The van der Waals surface area contributed by atoms with Gasteiger partial charge in [-0.15, -0.1) is 0 Å². The van der Waals surface area contributed by atoms with Gasteiger partial charge in [-0.05, 0) is 38.6 Å². The Bertz CT molecular complexity index is 723. The molecule has 23 heavy (non-hydrogen) atoms. The van der Waals surface area contributed by atoms with E-state index < -0.39 is 5.60 Å². The van der Waals surface area contributed by atoms with Gasteiger partial charge < -0.3 is 14.6 Å². The second kappa shape index (κ2) is 7.06. The van der Waals surface area contributed by atoms with Crippen LogP contribution in [0.25, 0.3) is 0 Å². The summed E-state index contributed by atoms with van der Waals surface area (Å²) < 4.78 is 7.91. The zero-order chi connectivity index (χ0) is 17.0. The average Bonchev–Trinajstić information content (AvgIpc) is 2.93. The van der Waals surface area contributed by atoms with Gasteiger partial charge in [0, 0.05) is 13.2 Å². The highest BCUT2D eigenvalue weighted by molar-refractivity contribution is 7.71. The maximum Gasteiger partial charge on any atom is 0.256 e. The van der Waals surface area contributed by atoms with Crippen LogP contribution in [0.3, 0.4) is 0 Å². The molecule has 2 rings (SSSR count). The van der Waals surface area contributed by atoms with Crippen molar-refractivity contribution in [2.75, 3.05) is 7.11 Å². The molecule has 2 N–H and O–H groups in total. The number of amides is 1. The number of nitrogens with one attached hydrogen (secondary N) is 2. The van der Waals surface area contributed by atoms with Crippen LogP contribution in [0.15, 0.2) is 30.3 Å². The van der Waals surface area contributed by atoms with Gasteiger partial charge in [-0.1, -0.05) is 30.3 Å². The first-order valence-electron chi connectivity index (χ1n) is 7.45. The van der Waals surface area contributed by atoms with Gasteiger partial charge in [-0.25, -0.2) is 0 Å². The van der Waals surface area contributed by atoms with Crippen LogP contribution in [0.1, 0.15) is 38.2 Å². The number of nitrogens with zero attached hydrogens (tertiary/aromatic N) is 2. The molecule has 1 aromatic heterocycles. The summed E-state index contributed by atoms with van der Waals surface area (Å²) in [6.07, 6.45) is 0. The minimum Gasteiger partial charge on any atom is -0.364 e. The number of H-pyrrole nitrogens is 1. The Morgan fingerprint density at radius 1 is 1.43 bits per heavy atom. The molecule has 0 radical (unpaired) electrons. The minimum atomic E-state index is -1.06. The highest BCUT2D eigenvalue weighted by Crippen LogP contribution is 2.24. The van der Waals surface area contributed by atoms with E-state index in [9.17, 15) is 4.79 Å². The third-order valence-electron chi connectivity index (χ3n) is 3.87. The summed E-state index contributed by atoms with van der Waals surface area (Å²) in [7, 11) is 1.52. The number of carbonyl (C=O) groups is 1. The lowest BCUT2D eigenvalue weighted by atomic mass is 9.95. The molecule has 0 bridgehead atoms. The quantitative estimate of drug-likeness (QED) is 0.797. The van der Waals surface area contributed by atoms with E-state index >= 15 is 0 Å². The van der Waals surface area contributed by atoms with Crippen LogP contribution >= 0.6 is 12.2 Å². The van der Waals surface area contributed by atoms with E-state index in [-0.39, 0.29) is 18.5 Å². The maximum atomic E-state index is 12.6. The number of aromatic amines is 1. The van der Waals surface area contributed by atoms with E-state index in [4.69, 9.17) is 17.0 Å². The Morgan fingerprint density at radius 3 is 2.65 bits per heavy atom. The molecular weight excluding hydrogens is 312 g/mol. The van der Waals surface area contributed by atoms with E-state index in [1.54, 1.807) is 6.92 Å². The van der Waals surface area contributed by atoms with E-state index in [2.05, 4.69) is 15.5 Å². The number of aromatic nitrogens is 3. The highest BCUT2D eigenvalue weighted by atomic mass is 32.1. The smallest absolute Gasteiger partial charge is 0.256 e. The van der Waals surface area contributed by atoms with Crippen molar-refractivity contribution in [2.45, 2.75) is 39.0 Å². The van der Waals surface area contributed by atoms with Crippen molar-refractivity contribution in [3.63, 3.8) is 0 Å². The lowest BCUT2D eigenvalue weighted by Crippen LogP contribution is -2.43. The molecule has 0 saturated carbocycles. The number of rotatable bonds is 6. The maximum absolute atomic E-state index is 12.6. The number of methoxy groups -OCH3 is 1. The third-order valence-corrected chi connectivity index (χ3v) is 4.16. The van der Waals surface area contributed by atoms with Crippen LogP contribution in [0, 0.1) is 4.77 Å². The molecule has 7 heteroatoms. The molecule has 0 aliphatic carbocycles. The van der Waals surface area contributed by atoms with Gasteiger partial charge in [0.2, 0.25) is 0 Å². The molecule has 1 heterocycles. The number of hydrogen-bond donors (Lipinski definition) is 2. The third kappa shape index (κ3) is 3.51. The van der Waals surface area contributed by atoms with E-state index in [0.717, 1.165) is 5.56 Å². The molecular formula is C16H22N4O2S. The molecule has 0 unspecified atom stereocenters. The normalized spacial score (nSPS) is 13.8. The number of benzene rings is 1. The van der Waals surface area contributed by atoms with Gasteiger partial charge in [0.25, 0.3) is 5.91 Å². The largest absolute Gasteiger partial charge is 0.364 e. The van der Waals surface area contributed by atoms with Crippen molar-refractivity contribution < 1.29 is 9.53 Å². The van der Waals surface area contributed by atoms with E-state index in [1.165, 1.54) is 7.11 Å². The molecule has 6 nitrogen and oxygen atoms in total. The molecule has 2 aromatic rings. The first-order valence-corrected chi connectivity index (χ1v) is 7.85. The monoisotopic (exact) mass is 334 g/mol. The standard InChI is InChI=1S/C16H22N4O2S/c1-11(2)20-13(18-19-15(20)23)10-17-14(21)16(3,22-4)12-8-6-5-7-9-12/h5-9,11H,10H2,1-4H3,(H,17,21)(H,19,23)/t16-/m0/s1.